The summed E-state index contributed by atoms with van der Waals surface area (Å²) >= 11 is 1.45. The molecule has 0 aliphatic carbocycles. The highest BCUT2D eigenvalue weighted by atomic mass is 32.1. The first-order valence-electron chi connectivity index (χ1n) is 9.77. The maximum Gasteiger partial charge on any atom is 0.272 e. The number of ether oxygens (including phenoxy) is 1. The molecule has 2 aromatic carbocycles. The van der Waals surface area contributed by atoms with E-state index in [4.69, 9.17) is 4.74 Å². The Hall–Kier alpha value is -3.38. The van der Waals surface area contributed by atoms with Crippen LogP contribution >= 0.6 is 11.3 Å². The molecule has 0 radical (unpaired) electrons. The first kappa shape index (κ1) is 18.6. The van der Waals surface area contributed by atoms with E-state index in [9.17, 15) is 4.79 Å². The maximum absolute atomic E-state index is 13.8. The number of methoxy groups -OCH3 is 1. The van der Waals surface area contributed by atoms with Gasteiger partial charge in [-0.25, -0.2) is 4.98 Å². The van der Waals surface area contributed by atoms with Gasteiger partial charge in [-0.1, -0.05) is 36.4 Å². The number of carbonyl (C=O) groups is 1. The van der Waals surface area contributed by atoms with E-state index in [0.29, 0.717) is 4.88 Å². The molecule has 150 valence electrons. The van der Waals surface area contributed by atoms with Crippen LogP contribution in [0.3, 0.4) is 0 Å². The van der Waals surface area contributed by atoms with Crippen LogP contribution in [0.1, 0.15) is 32.7 Å². The van der Waals surface area contributed by atoms with Crippen molar-refractivity contribution >= 4 is 38.8 Å². The number of nitrogens with zero attached hydrogens (tertiary/aromatic N) is 2. The Morgan fingerprint density at radius 3 is 2.57 bits per heavy atom. The minimum absolute atomic E-state index is 0.0362. The summed E-state index contributed by atoms with van der Waals surface area (Å²) in [6.07, 6.45) is -0.401. The number of anilines is 2. The van der Waals surface area contributed by atoms with E-state index in [2.05, 4.69) is 23.3 Å². The minimum atomic E-state index is -0.401. The van der Waals surface area contributed by atoms with Gasteiger partial charge in [0.25, 0.3) is 5.91 Å². The van der Waals surface area contributed by atoms with Crippen molar-refractivity contribution in [1.29, 1.82) is 0 Å². The molecule has 2 aromatic heterocycles. The van der Waals surface area contributed by atoms with Crippen LogP contribution in [-0.2, 0) is 0 Å². The molecule has 0 fully saturated rings. The number of aryl methyl sites for hydroxylation is 2. The van der Waals surface area contributed by atoms with E-state index in [-0.39, 0.29) is 5.91 Å². The first-order valence-corrected chi connectivity index (χ1v) is 10.6. The van der Waals surface area contributed by atoms with Crippen LogP contribution < -0.4 is 15.0 Å². The van der Waals surface area contributed by atoms with Crippen molar-refractivity contribution in [3.63, 3.8) is 0 Å². The molecule has 0 saturated heterocycles. The summed E-state index contributed by atoms with van der Waals surface area (Å²) in [6, 6.07) is 19.6. The van der Waals surface area contributed by atoms with Crippen molar-refractivity contribution in [3.05, 3.63) is 82.4 Å². The number of hydrogen-bond donors (Lipinski definition) is 1. The molecule has 1 amide bonds. The Morgan fingerprint density at radius 2 is 1.80 bits per heavy atom. The molecule has 30 heavy (non-hydrogen) atoms. The van der Waals surface area contributed by atoms with E-state index in [1.165, 1.54) is 11.3 Å². The smallest absolute Gasteiger partial charge is 0.272 e. The zero-order valence-corrected chi connectivity index (χ0v) is 17.8. The van der Waals surface area contributed by atoms with Gasteiger partial charge in [0, 0.05) is 22.3 Å². The van der Waals surface area contributed by atoms with Gasteiger partial charge in [0.05, 0.1) is 12.8 Å². The van der Waals surface area contributed by atoms with Crippen LogP contribution in [-0.4, -0.2) is 18.0 Å². The highest BCUT2D eigenvalue weighted by molar-refractivity contribution is 7.21. The second-order valence-corrected chi connectivity index (χ2v) is 8.37. The number of benzene rings is 2. The van der Waals surface area contributed by atoms with Gasteiger partial charge < -0.3 is 10.1 Å². The fourth-order valence-corrected chi connectivity index (χ4v) is 5.32. The lowest BCUT2D eigenvalue weighted by molar-refractivity contribution is 0.0979. The number of thiophene rings is 1. The van der Waals surface area contributed by atoms with Gasteiger partial charge in [0.1, 0.15) is 21.6 Å². The molecule has 0 saturated carbocycles. The molecule has 6 heteroatoms. The van der Waals surface area contributed by atoms with Gasteiger partial charge in [-0.05, 0) is 43.7 Å². The average Bonchev–Trinajstić information content (AvgIpc) is 3.13. The zero-order valence-electron chi connectivity index (χ0n) is 17.0. The van der Waals surface area contributed by atoms with E-state index in [1.54, 1.807) is 12.0 Å². The molecule has 5 nitrogen and oxygen atoms in total. The molecule has 1 aliphatic heterocycles. The Labute approximate surface area is 178 Å². The third-order valence-electron chi connectivity index (χ3n) is 5.41. The Bertz CT molecular complexity index is 1270. The van der Waals surface area contributed by atoms with Crippen LogP contribution in [0, 0.1) is 13.8 Å². The number of rotatable bonds is 3. The first-order chi connectivity index (χ1) is 14.6. The highest BCUT2D eigenvalue weighted by Gasteiger charge is 2.38. The van der Waals surface area contributed by atoms with Crippen LogP contribution in [0.25, 0.3) is 10.2 Å². The van der Waals surface area contributed by atoms with E-state index in [1.807, 2.05) is 61.5 Å². The second-order valence-electron chi connectivity index (χ2n) is 7.37. The summed E-state index contributed by atoms with van der Waals surface area (Å²) in [5, 5.41) is 4.66. The Morgan fingerprint density at radius 1 is 1.07 bits per heavy atom. The van der Waals surface area contributed by atoms with Crippen molar-refractivity contribution in [1.82, 2.24) is 4.98 Å². The second kappa shape index (κ2) is 7.15. The largest absolute Gasteiger partial charge is 0.496 e. The summed E-state index contributed by atoms with van der Waals surface area (Å²) in [5.74, 6) is 0.698. The SMILES string of the molecule is COc1ccccc1C1Nc2c(sc3nc(C)cc(C)c23)C(=O)N1c1ccccc1. The summed E-state index contributed by atoms with van der Waals surface area (Å²) in [7, 11) is 1.65. The van der Waals surface area contributed by atoms with Crippen LogP contribution in [0.2, 0.25) is 0 Å². The number of pyridine rings is 1. The van der Waals surface area contributed by atoms with E-state index in [0.717, 1.165) is 44.2 Å². The van der Waals surface area contributed by atoms with Gasteiger partial charge in [-0.3, -0.25) is 9.69 Å². The molecule has 3 heterocycles. The van der Waals surface area contributed by atoms with Crippen molar-refractivity contribution in [2.75, 3.05) is 17.3 Å². The fourth-order valence-electron chi connectivity index (χ4n) is 4.12. The van der Waals surface area contributed by atoms with Crippen molar-refractivity contribution in [2.24, 2.45) is 0 Å². The quantitative estimate of drug-likeness (QED) is 0.467. The topological polar surface area (TPSA) is 54.5 Å². The fraction of sp³-hybridized carbons (Fsp3) is 0.167. The lowest BCUT2D eigenvalue weighted by Crippen LogP contribution is -2.42. The molecule has 0 spiro atoms. The Kier molecular flexibility index (Phi) is 4.44. The van der Waals surface area contributed by atoms with E-state index >= 15 is 0 Å². The highest BCUT2D eigenvalue weighted by Crippen LogP contribution is 2.46. The Balaban J connectivity index is 1.76. The van der Waals surface area contributed by atoms with Crippen molar-refractivity contribution in [2.45, 2.75) is 20.0 Å². The van der Waals surface area contributed by atoms with Crippen LogP contribution in [0.4, 0.5) is 11.4 Å². The molecular formula is C24H21N3O2S. The lowest BCUT2D eigenvalue weighted by atomic mass is 10.0. The molecule has 1 aliphatic rings. The van der Waals surface area contributed by atoms with Crippen molar-refractivity contribution in [3.8, 4) is 5.75 Å². The number of hydrogen-bond acceptors (Lipinski definition) is 5. The molecule has 1 unspecified atom stereocenters. The van der Waals surface area contributed by atoms with Crippen LogP contribution in [0.5, 0.6) is 5.75 Å². The number of para-hydroxylation sites is 2. The average molecular weight is 416 g/mol. The monoisotopic (exact) mass is 415 g/mol. The summed E-state index contributed by atoms with van der Waals surface area (Å²) < 4.78 is 5.63. The summed E-state index contributed by atoms with van der Waals surface area (Å²) in [6.45, 7) is 4.05. The van der Waals surface area contributed by atoms with Crippen molar-refractivity contribution < 1.29 is 9.53 Å². The summed E-state index contributed by atoms with van der Waals surface area (Å²) in [5.41, 5.74) is 4.65. The van der Waals surface area contributed by atoms with E-state index < -0.39 is 6.17 Å². The molecule has 4 aromatic rings. The van der Waals surface area contributed by atoms with Gasteiger partial charge in [0.15, 0.2) is 0 Å². The third kappa shape index (κ3) is 2.83. The molecule has 1 N–H and O–H groups in total. The number of fused-ring (bicyclic) bond motifs is 3. The molecule has 0 bridgehead atoms. The molecular weight excluding hydrogens is 394 g/mol. The number of carbonyl (C=O) groups excluding carboxylic acids is 1. The summed E-state index contributed by atoms with van der Waals surface area (Å²) in [4.78, 5) is 21.8. The van der Waals surface area contributed by atoms with Gasteiger partial charge in [-0.2, -0.15) is 0 Å². The lowest BCUT2D eigenvalue weighted by Gasteiger charge is -2.37. The number of amides is 1. The molecule has 5 rings (SSSR count). The van der Waals surface area contributed by atoms with Gasteiger partial charge in [-0.15, -0.1) is 11.3 Å². The van der Waals surface area contributed by atoms with Gasteiger partial charge >= 0.3 is 0 Å². The van der Waals surface area contributed by atoms with Gasteiger partial charge in [0.2, 0.25) is 0 Å². The molecule has 1 atom stereocenters. The predicted octanol–water partition coefficient (Wildman–Crippen LogP) is 5.69. The third-order valence-corrected chi connectivity index (χ3v) is 6.48. The zero-order chi connectivity index (χ0) is 20.8. The number of aromatic nitrogens is 1. The number of nitrogens with one attached hydrogen (secondary N) is 1. The normalized spacial score (nSPS) is 15.8. The maximum atomic E-state index is 13.8. The predicted molar refractivity (Wildman–Crippen MR) is 122 cm³/mol. The minimum Gasteiger partial charge on any atom is -0.496 e. The van der Waals surface area contributed by atoms with Crippen LogP contribution in [0.15, 0.2) is 60.7 Å². The standard InChI is InChI=1S/C24H21N3O2S/c1-14-13-15(2)25-23-19(14)20-21(30-23)24(28)27(16-9-5-4-6-10-16)22(26-20)17-11-7-8-12-18(17)29-3/h4-13,22,26H,1-3H3.